The maximum Gasteiger partial charge on any atom is 0.181 e. The van der Waals surface area contributed by atoms with Crippen LogP contribution in [0.5, 0.6) is 0 Å². The van der Waals surface area contributed by atoms with Crippen molar-refractivity contribution in [3.05, 3.63) is 60.2 Å². The van der Waals surface area contributed by atoms with Gasteiger partial charge in [0.25, 0.3) is 0 Å². The van der Waals surface area contributed by atoms with E-state index in [0.717, 1.165) is 43.0 Å². The second kappa shape index (κ2) is 6.64. The lowest BCUT2D eigenvalue weighted by molar-refractivity contribution is 0.331. The molecule has 6 heteroatoms. The second-order valence-electron chi connectivity index (χ2n) is 6.57. The molecule has 0 spiro atoms. The Hall–Kier alpha value is -2.73. The number of nitrogens with one attached hydrogen (secondary N) is 3. The number of piperidine rings is 1. The Morgan fingerprint density at radius 2 is 1.88 bits per heavy atom. The van der Waals surface area contributed by atoms with Crippen LogP contribution >= 0.6 is 0 Å². The molecule has 3 heterocycles. The first kappa shape index (κ1) is 15.8. The van der Waals surface area contributed by atoms with E-state index >= 15 is 0 Å². The highest BCUT2D eigenvalue weighted by Crippen LogP contribution is 2.33. The molecule has 1 fully saturated rings. The van der Waals surface area contributed by atoms with Gasteiger partial charge in [-0.2, -0.15) is 5.10 Å². The van der Waals surface area contributed by atoms with Crippen molar-refractivity contribution in [3.63, 3.8) is 0 Å². The van der Waals surface area contributed by atoms with Crippen LogP contribution in [0.2, 0.25) is 0 Å². The highest BCUT2D eigenvalue weighted by molar-refractivity contribution is 5.54. The fourth-order valence-corrected chi connectivity index (χ4v) is 3.38. The summed E-state index contributed by atoms with van der Waals surface area (Å²) in [5, 5.41) is 14.8. The highest BCUT2D eigenvalue weighted by atomic mass is 15.3. The number of hydrogen-bond donors (Lipinski definition) is 3. The van der Waals surface area contributed by atoms with E-state index in [1.54, 1.807) is 12.4 Å². The number of nitrogens with zero attached hydrogens (tertiary/aromatic N) is 3. The van der Waals surface area contributed by atoms with Gasteiger partial charge in [0.05, 0.1) is 5.54 Å². The smallest absolute Gasteiger partial charge is 0.181 e. The standard InChI is InChI=1S/C19H22N6/c1-14-3-2-4-16(13-14)23-19(7-11-21-12-8-19)18-22-17(24-25-18)15-5-9-20-10-6-15/h2-6,9-10,13,21,23H,7-8,11-12H2,1H3,(H,22,24,25). The summed E-state index contributed by atoms with van der Waals surface area (Å²) in [6.45, 7) is 4.00. The number of hydrogen-bond acceptors (Lipinski definition) is 5. The van der Waals surface area contributed by atoms with E-state index in [4.69, 9.17) is 4.98 Å². The summed E-state index contributed by atoms with van der Waals surface area (Å²) in [5.74, 6) is 1.60. The van der Waals surface area contributed by atoms with Gasteiger partial charge in [0.2, 0.25) is 0 Å². The zero-order valence-corrected chi connectivity index (χ0v) is 14.3. The first-order valence-electron chi connectivity index (χ1n) is 8.64. The van der Waals surface area contributed by atoms with Crippen molar-refractivity contribution in [2.45, 2.75) is 25.3 Å². The predicted octanol–water partition coefficient (Wildman–Crippen LogP) is 2.87. The molecule has 3 N–H and O–H groups in total. The van der Waals surface area contributed by atoms with Crippen molar-refractivity contribution in [1.29, 1.82) is 0 Å². The van der Waals surface area contributed by atoms with Crippen molar-refractivity contribution < 1.29 is 0 Å². The molecule has 1 aliphatic rings. The molecule has 0 saturated carbocycles. The lowest BCUT2D eigenvalue weighted by Crippen LogP contribution is -2.46. The van der Waals surface area contributed by atoms with Crippen molar-refractivity contribution in [3.8, 4) is 11.4 Å². The van der Waals surface area contributed by atoms with Crippen molar-refractivity contribution in [1.82, 2.24) is 25.5 Å². The summed E-state index contributed by atoms with van der Waals surface area (Å²) < 4.78 is 0. The minimum Gasteiger partial charge on any atom is -0.373 e. The van der Waals surface area contributed by atoms with Crippen LogP contribution in [-0.2, 0) is 5.54 Å². The Balaban J connectivity index is 1.68. The Morgan fingerprint density at radius 3 is 2.64 bits per heavy atom. The molecule has 0 radical (unpaired) electrons. The summed E-state index contributed by atoms with van der Waals surface area (Å²) in [4.78, 5) is 8.87. The molecule has 0 amide bonds. The van der Waals surface area contributed by atoms with E-state index in [0.29, 0.717) is 5.82 Å². The first-order chi connectivity index (χ1) is 12.3. The first-order valence-corrected chi connectivity index (χ1v) is 8.64. The molecule has 0 aliphatic carbocycles. The molecule has 1 aromatic carbocycles. The van der Waals surface area contributed by atoms with Crippen LogP contribution in [-0.4, -0.2) is 33.3 Å². The summed E-state index contributed by atoms with van der Waals surface area (Å²) in [7, 11) is 0. The molecule has 2 aromatic heterocycles. The van der Waals surface area contributed by atoms with E-state index in [9.17, 15) is 0 Å². The molecule has 6 nitrogen and oxygen atoms in total. The summed E-state index contributed by atoms with van der Waals surface area (Å²) in [5.41, 5.74) is 3.09. The monoisotopic (exact) mass is 334 g/mol. The van der Waals surface area contributed by atoms with Crippen LogP contribution in [0.4, 0.5) is 5.69 Å². The van der Waals surface area contributed by atoms with Crippen molar-refractivity contribution in [2.75, 3.05) is 18.4 Å². The summed E-state index contributed by atoms with van der Waals surface area (Å²) >= 11 is 0. The predicted molar refractivity (Wildman–Crippen MR) is 98.2 cm³/mol. The van der Waals surface area contributed by atoms with Gasteiger partial charge in [-0.3, -0.25) is 10.1 Å². The van der Waals surface area contributed by atoms with Gasteiger partial charge in [-0.25, -0.2) is 4.98 Å². The van der Waals surface area contributed by atoms with E-state index in [1.165, 1.54) is 5.56 Å². The van der Waals surface area contributed by atoms with Crippen LogP contribution in [0.15, 0.2) is 48.8 Å². The van der Waals surface area contributed by atoms with Crippen LogP contribution in [0.25, 0.3) is 11.4 Å². The molecule has 0 bridgehead atoms. The topological polar surface area (TPSA) is 78.5 Å². The zero-order chi connectivity index (χ0) is 17.1. The van der Waals surface area contributed by atoms with Gasteiger partial charge in [0.1, 0.15) is 0 Å². The molecule has 25 heavy (non-hydrogen) atoms. The van der Waals surface area contributed by atoms with Gasteiger partial charge in [-0.1, -0.05) is 12.1 Å². The number of aromatic amines is 1. The molecule has 1 saturated heterocycles. The van der Waals surface area contributed by atoms with Crippen LogP contribution in [0, 0.1) is 6.92 Å². The third-order valence-corrected chi connectivity index (χ3v) is 4.74. The third kappa shape index (κ3) is 3.25. The maximum atomic E-state index is 4.81. The Bertz CT molecular complexity index is 836. The van der Waals surface area contributed by atoms with E-state index < -0.39 is 0 Å². The molecule has 1 aliphatic heterocycles. The number of benzene rings is 1. The summed E-state index contributed by atoms with van der Waals surface area (Å²) in [6, 6.07) is 12.3. The highest BCUT2D eigenvalue weighted by Gasteiger charge is 2.37. The van der Waals surface area contributed by atoms with Gasteiger partial charge in [-0.05, 0) is 62.7 Å². The number of rotatable bonds is 4. The Kier molecular flexibility index (Phi) is 4.19. The number of aromatic nitrogens is 4. The molecule has 3 aromatic rings. The Labute approximate surface area is 147 Å². The minimum atomic E-state index is -0.239. The average Bonchev–Trinajstić information content (AvgIpc) is 3.14. The average molecular weight is 334 g/mol. The summed E-state index contributed by atoms with van der Waals surface area (Å²) in [6.07, 6.45) is 5.42. The van der Waals surface area contributed by atoms with Crippen LogP contribution < -0.4 is 10.6 Å². The minimum absolute atomic E-state index is 0.239. The van der Waals surface area contributed by atoms with Gasteiger partial charge in [0.15, 0.2) is 11.6 Å². The molecular weight excluding hydrogens is 312 g/mol. The van der Waals surface area contributed by atoms with Crippen LogP contribution in [0.1, 0.15) is 24.2 Å². The van der Waals surface area contributed by atoms with Crippen LogP contribution in [0.3, 0.4) is 0 Å². The van der Waals surface area contributed by atoms with Crippen molar-refractivity contribution in [2.24, 2.45) is 0 Å². The maximum absolute atomic E-state index is 4.81. The molecule has 0 atom stereocenters. The third-order valence-electron chi connectivity index (χ3n) is 4.74. The lowest BCUT2D eigenvalue weighted by atomic mass is 9.87. The second-order valence-corrected chi connectivity index (χ2v) is 6.57. The van der Waals surface area contributed by atoms with Gasteiger partial charge < -0.3 is 10.6 Å². The quantitative estimate of drug-likeness (QED) is 0.684. The zero-order valence-electron chi connectivity index (χ0n) is 14.3. The lowest BCUT2D eigenvalue weighted by Gasteiger charge is -2.37. The molecule has 128 valence electrons. The van der Waals surface area contributed by atoms with Gasteiger partial charge in [-0.15, -0.1) is 0 Å². The fraction of sp³-hybridized carbons (Fsp3) is 0.316. The van der Waals surface area contributed by atoms with Gasteiger partial charge in [0, 0.05) is 23.6 Å². The normalized spacial score (nSPS) is 16.5. The number of pyridine rings is 1. The fourth-order valence-electron chi connectivity index (χ4n) is 3.38. The molecular formula is C19H22N6. The number of anilines is 1. The number of H-pyrrole nitrogens is 1. The molecule has 4 rings (SSSR count). The van der Waals surface area contributed by atoms with Gasteiger partial charge >= 0.3 is 0 Å². The SMILES string of the molecule is Cc1cccc(NC2(c3nc(-c4ccncc4)n[nH]3)CCNCC2)c1. The number of aryl methyl sites for hydroxylation is 1. The van der Waals surface area contributed by atoms with E-state index in [-0.39, 0.29) is 5.54 Å². The van der Waals surface area contributed by atoms with E-state index in [2.05, 4.69) is 57.0 Å². The largest absolute Gasteiger partial charge is 0.373 e. The van der Waals surface area contributed by atoms with E-state index in [1.807, 2.05) is 12.1 Å². The molecule has 0 unspecified atom stereocenters. The Morgan fingerprint density at radius 1 is 1.08 bits per heavy atom. The van der Waals surface area contributed by atoms with Crippen molar-refractivity contribution >= 4 is 5.69 Å².